The first-order chi connectivity index (χ1) is 11.1. The Hall–Kier alpha value is -2.73. The van der Waals surface area contributed by atoms with Gasteiger partial charge >= 0.3 is 0 Å². The molecule has 118 valence electrons. The van der Waals surface area contributed by atoms with Gasteiger partial charge in [-0.25, -0.2) is 13.8 Å². The Kier molecular flexibility index (Phi) is 4.34. The van der Waals surface area contributed by atoms with Crippen molar-refractivity contribution in [2.45, 2.75) is 6.10 Å². The average Bonchev–Trinajstić information content (AvgIpc) is 3.07. The van der Waals surface area contributed by atoms with Crippen LogP contribution in [0.25, 0.3) is 5.69 Å². The highest BCUT2D eigenvalue weighted by atomic mass is 19.1. The minimum absolute atomic E-state index is 0.00263. The lowest BCUT2D eigenvalue weighted by Gasteiger charge is -2.14. The second-order valence-electron chi connectivity index (χ2n) is 4.96. The summed E-state index contributed by atoms with van der Waals surface area (Å²) in [4.78, 5) is 3.97. The van der Waals surface area contributed by atoms with E-state index in [1.54, 1.807) is 36.9 Å². The van der Waals surface area contributed by atoms with Gasteiger partial charge in [0.1, 0.15) is 30.1 Å². The maximum absolute atomic E-state index is 13.6. The third kappa shape index (κ3) is 3.54. The van der Waals surface area contributed by atoms with Gasteiger partial charge in [-0.15, -0.1) is 0 Å². The smallest absolute Gasteiger partial charge is 0.132 e. The molecule has 0 amide bonds. The van der Waals surface area contributed by atoms with Gasteiger partial charge in [0.25, 0.3) is 0 Å². The second-order valence-corrected chi connectivity index (χ2v) is 4.96. The number of hydrogen-bond acceptors (Lipinski definition) is 3. The predicted molar refractivity (Wildman–Crippen MR) is 80.4 cm³/mol. The normalized spacial score (nSPS) is 12.1. The Morgan fingerprint density at radius 2 is 2.04 bits per heavy atom. The van der Waals surface area contributed by atoms with Crippen molar-refractivity contribution in [3.63, 3.8) is 0 Å². The molecule has 4 nitrogen and oxygen atoms in total. The van der Waals surface area contributed by atoms with Crippen LogP contribution < -0.4 is 4.74 Å². The fraction of sp³-hybridized carbons (Fsp3) is 0.118. The number of aromatic nitrogens is 2. The van der Waals surface area contributed by atoms with Crippen molar-refractivity contribution >= 4 is 0 Å². The van der Waals surface area contributed by atoms with E-state index in [-0.39, 0.29) is 12.2 Å². The SMILES string of the molecule is OC(COc1cccc(-n2ccnc2)c1)c1ccc(F)cc1F. The number of aliphatic hydroxyl groups is 1. The summed E-state index contributed by atoms with van der Waals surface area (Å²) in [5.74, 6) is -0.960. The molecule has 0 aliphatic rings. The van der Waals surface area contributed by atoms with Crippen LogP contribution in [-0.2, 0) is 0 Å². The van der Waals surface area contributed by atoms with E-state index in [0.29, 0.717) is 5.75 Å². The monoisotopic (exact) mass is 316 g/mol. The van der Waals surface area contributed by atoms with Crippen molar-refractivity contribution < 1.29 is 18.6 Å². The van der Waals surface area contributed by atoms with Crippen LogP contribution >= 0.6 is 0 Å². The minimum atomic E-state index is -1.19. The average molecular weight is 316 g/mol. The number of nitrogens with zero attached hydrogens (tertiary/aromatic N) is 2. The molecule has 0 spiro atoms. The highest BCUT2D eigenvalue weighted by Gasteiger charge is 2.14. The molecule has 0 fully saturated rings. The van der Waals surface area contributed by atoms with Gasteiger partial charge in [-0.05, 0) is 18.2 Å². The van der Waals surface area contributed by atoms with Crippen LogP contribution in [0.15, 0.2) is 61.2 Å². The Morgan fingerprint density at radius 3 is 2.78 bits per heavy atom. The summed E-state index contributed by atoms with van der Waals surface area (Å²) in [6.07, 6.45) is 3.92. The largest absolute Gasteiger partial charge is 0.490 e. The maximum Gasteiger partial charge on any atom is 0.132 e. The van der Waals surface area contributed by atoms with E-state index in [9.17, 15) is 13.9 Å². The molecule has 1 N–H and O–H groups in total. The number of ether oxygens (including phenoxy) is 1. The van der Waals surface area contributed by atoms with Crippen LogP contribution in [-0.4, -0.2) is 21.3 Å². The molecule has 6 heteroatoms. The van der Waals surface area contributed by atoms with E-state index >= 15 is 0 Å². The topological polar surface area (TPSA) is 47.3 Å². The summed E-state index contributed by atoms with van der Waals surface area (Å²) in [7, 11) is 0. The van der Waals surface area contributed by atoms with Gasteiger partial charge in [0, 0.05) is 30.1 Å². The first kappa shape index (κ1) is 15.2. The number of aliphatic hydroxyl groups excluding tert-OH is 1. The van der Waals surface area contributed by atoms with Crippen LogP contribution in [0.4, 0.5) is 8.78 Å². The molecule has 1 atom stereocenters. The molecule has 0 aliphatic carbocycles. The molecule has 1 heterocycles. The quantitative estimate of drug-likeness (QED) is 0.786. The van der Waals surface area contributed by atoms with Crippen molar-refractivity contribution in [2.24, 2.45) is 0 Å². The van der Waals surface area contributed by atoms with Gasteiger partial charge in [-0.1, -0.05) is 12.1 Å². The number of imidazole rings is 1. The van der Waals surface area contributed by atoms with Gasteiger partial charge in [-0.2, -0.15) is 0 Å². The van der Waals surface area contributed by atoms with E-state index in [1.165, 1.54) is 6.07 Å². The third-order valence-corrected chi connectivity index (χ3v) is 3.35. The fourth-order valence-electron chi connectivity index (χ4n) is 2.18. The molecule has 0 saturated carbocycles. The minimum Gasteiger partial charge on any atom is -0.490 e. The van der Waals surface area contributed by atoms with E-state index in [0.717, 1.165) is 17.8 Å². The zero-order valence-electron chi connectivity index (χ0n) is 12.1. The zero-order chi connectivity index (χ0) is 16.2. The Balaban J connectivity index is 1.69. The van der Waals surface area contributed by atoms with Crippen LogP contribution in [0.2, 0.25) is 0 Å². The zero-order valence-corrected chi connectivity index (χ0v) is 12.1. The summed E-state index contributed by atoms with van der Waals surface area (Å²) in [5, 5.41) is 10.0. The lowest BCUT2D eigenvalue weighted by molar-refractivity contribution is 0.105. The van der Waals surface area contributed by atoms with E-state index in [4.69, 9.17) is 4.74 Å². The van der Waals surface area contributed by atoms with Crippen molar-refractivity contribution in [1.82, 2.24) is 9.55 Å². The summed E-state index contributed by atoms with van der Waals surface area (Å²) in [5.41, 5.74) is 0.847. The lowest BCUT2D eigenvalue weighted by Crippen LogP contribution is -2.11. The van der Waals surface area contributed by atoms with Crippen molar-refractivity contribution in [3.8, 4) is 11.4 Å². The molecule has 2 aromatic carbocycles. The number of rotatable bonds is 5. The van der Waals surface area contributed by atoms with Gasteiger partial charge in [0.2, 0.25) is 0 Å². The Labute approximate surface area is 131 Å². The fourth-order valence-corrected chi connectivity index (χ4v) is 2.18. The molecule has 3 rings (SSSR count). The Morgan fingerprint density at radius 1 is 1.17 bits per heavy atom. The van der Waals surface area contributed by atoms with E-state index < -0.39 is 17.7 Å². The molecular formula is C17H14F2N2O2. The molecule has 1 aromatic heterocycles. The standard InChI is InChI=1S/C17H14F2N2O2/c18-12-4-5-15(16(19)8-12)17(22)10-23-14-3-1-2-13(9-14)21-7-6-20-11-21/h1-9,11,17,22H,10H2. The Bertz CT molecular complexity index is 791. The second kappa shape index (κ2) is 6.58. The summed E-state index contributed by atoms with van der Waals surface area (Å²) in [6, 6.07) is 10.2. The highest BCUT2D eigenvalue weighted by molar-refractivity contribution is 5.39. The molecule has 0 saturated heterocycles. The molecule has 3 aromatic rings. The first-order valence-electron chi connectivity index (χ1n) is 6.98. The van der Waals surface area contributed by atoms with Crippen LogP contribution in [0, 0.1) is 11.6 Å². The van der Waals surface area contributed by atoms with Crippen molar-refractivity contribution in [3.05, 3.63) is 78.4 Å². The van der Waals surface area contributed by atoms with E-state index in [2.05, 4.69) is 4.98 Å². The van der Waals surface area contributed by atoms with Crippen molar-refractivity contribution in [2.75, 3.05) is 6.61 Å². The molecule has 0 bridgehead atoms. The molecule has 0 aliphatic heterocycles. The first-order valence-corrected chi connectivity index (χ1v) is 6.98. The highest BCUT2D eigenvalue weighted by Crippen LogP contribution is 2.21. The van der Waals surface area contributed by atoms with Gasteiger partial charge < -0.3 is 14.4 Å². The van der Waals surface area contributed by atoms with Crippen LogP contribution in [0.5, 0.6) is 5.75 Å². The third-order valence-electron chi connectivity index (χ3n) is 3.35. The molecule has 1 unspecified atom stereocenters. The van der Waals surface area contributed by atoms with Crippen LogP contribution in [0.1, 0.15) is 11.7 Å². The number of halogens is 2. The molecule has 0 radical (unpaired) electrons. The van der Waals surface area contributed by atoms with Gasteiger partial charge in [-0.3, -0.25) is 0 Å². The summed E-state index contributed by atoms with van der Waals surface area (Å²) < 4.78 is 33.8. The maximum atomic E-state index is 13.6. The predicted octanol–water partition coefficient (Wildman–Crippen LogP) is 3.26. The summed E-state index contributed by atoms with van der Waals surface area (Å²) in [6.45, 7) is -0.143. The summed E-state index contributed by atoms with van der Waals surface area (Å²) >= 11 is 0. The number of benzene rings is 2. The van der Waals surface area contributed by atoms with Gasteiger partial charge in [0.05, 0.1) is 12.0 Å². The molecule has 23 heavy (non-hydrogen) atoms. The van der Waals surface area contributed by atoms with Crippen molar-refractivity contribution in [1.29, 1.82) is 0 Å². The molecular weight excluding hydrogens is 302 g/mol. The van der Waals surface area contributed by atoms with E-state index in [1.807, 2.05) is 10.6 Å². The number of hydrogen-bond donors (Lipinski definition) is 1. The lowest BCUT2D eigenvalue weighted by atomic mass is 10.1. The van der Waals surface area contributed by atoms with Crippen LogP contribution in [0.3, 0.4) is 0 Å². The van der Waals surface area contributed by atoms with Gasteiger partial charge in [0.15, 0.2) is 0 Å².